The maximum absolute atomic E-state index is 11.2. The molecule has 1 rings (SSSR count). The number of hydrogen-bond donors (Lipinski definition) is 2. The lowest BCUT2D eigenvalue weighted by Gasteiger charge is -2.27. The van der Waals surface area contributed by atoms with Crippen LogP contribution in [-0.4, -0.2) is 43.0 Å². The molecule has 5 nitrogen and oxygen atoms in total. The second-order valence-corrected chi connectivity index (χ2v) is 3.06. The van der Waals surface area contributed by atoms with E-state index in [4.69, 9.17) is 0 Å². The van der Waals surface area contributed by atoms with Gasteiger partial charge in [-0.25, -0.2) is 4.79 Å². The Kier molecular flexibility index (Phi) is 3.54. The first kappa shape index (κ1) is 9.83. The van der Waals surface area contributed by atoms with Crippen molar-refractivity contribution in [2.75, 3.05) is 26.2 Å². The molecule has 1 heterocycles. The summed E-state index contributed by atoms with van der Waals surface area (Å²) in [6.07, 6.45) is 0.978. The van der Waals surface area contributed by atoms with Crippen molar-refractivity contribution in [2.45, 2.75) is 13.3 Å². The third-order valence-electron chi connectivity index (χ3n) is 1.92. The van der Waals surface area contributed by atoms with Gasteiger partial charge in [-0.1, -0.05) is 0 Å². The van der Waals surface area contributed by atoms with Gasteiger partial charge in [-0.05, 0) is 6.42 Å². The first-order chi connectivity index (χ1) is 6.20. The highest BCUT2D eigenvalue weighted by Crippen LogP contribution is 1.97. The van der Waals surface area contributed by atoms with Gasteiger partial charge >= 0.3 is 6.03 Å². The van der Waals surface area contributed by atoms with Gasteiger partial charge in [0.25, 0.3) is 0 Å². The quantitative estimate of drug-likeness (QED) is 0.625. The smallest absolute Gasteiger partial charge is 0.317 e. The van der Waals surface area contributed by atoms with Crippen molar-refractivity contribution >= 4 is 11.9 Å². The summed E-state index contributed by atoms with van der Waals surface area (Å²) in [6.45, 7) is 4.13. The zero-order valence-corrected chi connectivity index (χ0v) is 7.80. The summed E-state index contributed by atoms with van der Waals surface area (Å²) in [7, 11) is 0. The summed E-state index contributed by atoms with van der Waals surface area (Å²) < 4.78 is 0. The lowest BCUT2D eigenvalue weighted by molar-refractivity contribution is -0.119. The van der Waals surface area contributed by atoms with Crippen LogP contribution >= 0.6 is 0 Å². The second kappa shape index (κ2) is 4.69. The predicted octanol–water partition coefficient (Wildman–Crippen LogP) is -0.462. The Morgan fingerprint density at radius 3 is 3.08 bits per heavy atom. The van der Waals surface area contributed by atoms with Crippen LogP contribution in [0.4, 0.5) is 4.79 Å². The van der Waals surface area contributed by atoms with Gasteiger partial charge in [0, 0.05) is 33.1 Å². The molecule has 0 spiro atoms. The van der Waals surface area contributed by atoms with E-state index in [1.165, 1.54) is 6.92 Å². The number of amides is 3. The summed E-state index contributed by atoms with van der Waals surface area (Å²) in [6, 6.07) is -0.0309. The standard InChI is InChI=1S/C8H15N3O2/c1-7(12)9-4-6-11-5-2-3-10-8(11)13/h2-6H2,1H3,(H,9,12)(H,10,13). The number of carbonyl (C=O) groups is 2. The molecule has 2 N–H and O–H groups in total. The average Bonchev–Trinajstić information content (AvgIpc) is 2.08. The number of carbonyl (C=O) groups excluding carboxylic acids is 2. The Morgan fingerprint density at radius 1 is 1.69 bits per heavy atom. The van der Waals surface area contributed by atoms with E-state index in [9.17, 15) is 9.59 Å². The van der Waals surface area contributed by atoms with E-state index in [1.54, 1.807) is 4.90 Å². The molecule has 3 amide bonds. The summed E-state index contributed by atoms with van der Waals surface area (Å²) in [5.74, 6) is -0.0579. The minimum absolute atomic E-state index is 0.0309. The highest BCUT2D eigenvalue weighted by Gasteiger charge is 2.16. The molecule has 0 aromatic carbocycles. The molecular weight excluding hydrogens is 170 g/mol. The number of urea groups is 1. The fourth-order valence-corrected chi connectivity index (χ4v) is 1.26. The molecule has 0 unspecified atom stereocenters. The summed E-state index contributed by atoms with van der Waals surface area (Å²) in [4.78, 5) is 23.4. The van der Waals surface area contributed by atoms with Crippen LogP contribution in [0.2, 0.25) is 0 Å². The van der Waals surface area contributed by atoms with Crippen LogP contribution in [0.1, 0.15) is 13.3 Å². The normalized spacial score (nSPS) is 16.7. The molecule has 13 heavy (non-hydrogen) atoms. The second-order valence-electron chi connectivity index (χ2n) is 3.06. The molecule has 1 saturated heterocycles. The van der Waals surface area contributed by atoms with Crippen LogP contribution in [0.15, 0.2) is 0 Å². The van der Waals surface area contributed by atoms with Crippen LogP contribution in [-0.2, 0) is 4.79 Å². The minimum atomic E-state index is -0.0579. The van der Waals surface area contributed by atoms with Crippen molar-refractivity contribution < 1.29 is 9.59 Å². The number of nitrogens with one attached hydrogen (secondary N) is 2. The van der Waals surface area contributed by atoms with Crippen molar-refractivity contribution in [1.82, 2.24) is 15.5 Å². The highest BCUT2D eigenvalue weighted by atomic mass is 16.2. The molecule has 1 fully saturated rings. The largest absolute Gasteiger partial charge is 0.355 e. The van der Waals surface area contributed by atoms with E-state index in [-0.39, 0.29) is 11.9 Å². The molecule has 0 radical (unpaired) electrons. The molecule has 1 aliphatic heterocycles. The van der Waals surface area contributed by atoms with Gasteiger partial charge in [-0.2, -0.15) is 0 Å². The minimum Gasteiger partial charge on any atom is -0.355 e. The van der Waals surface area contributed by atoms with E-state index < -0.39 is 0 Å². The van der Waals surface area contributed by atoms with E-state index >= 15 is 0 Å². The Morgan fingerprint density at radius 2 is 2.46 bits per heavy atom. The van der Waals surface area contributed by atoms with E-state index in [0.717, 1.165) is 19.5 Å². The van der Waals surface area contributed by atoms with Gasteiger partial charge in [0.05, 0.1) is 0 Å². The van der Waals surface area contributed by atoms with Crippen LogP contribution in [0, 0.1) is 0 Å². The molecule has 0 atom stereocenters. The lowest BCUT2D eigenvalue weighted by atomic mass is 10.3. The molecule has 0 aromatic heterocycles. The van der Waals surface area contributed by atoms with Crippen molar-refractivity contribution in [2.24, 2.45) is 0 Å². The topological polar surface area (TPSA) is 61.4 Å². The van der Waals surface area contributed by atoms with Crippen molar-refractivity contribution in [3.63, 3.8) is 0 Å². The Bertz CT molecular complexity index is 206. The number of rotatable bonds is 3. The molecule has 0 saturated carbocycles. The van der Waals surface area contributed by atoms with E-state index in [1.807, 2.05) is 0 Å². The van der Waals surface area contributed by atoms with Gasteiger partial charge in [-0.3, -0.25) is 4.79 Å². The zero-order valence-electron chi connectivity index (χ0n) is 7.80. The van der Waals surface area contributed by atoms with Crippen LogP contribution in [0.5, 0.6) is 0 Å². The third-order valence-corrected chi connectivity index (χ3v) is 1.92. The average molecular weight is 185 g/mol. The van der Waals surface area contributed by atoms with Gasteiger partial charge < -0.3 is 15.5 Å². The molecule has 0 bridgehead atoms. The summed E-state index contributed by atoms with van der Waals surface area (Å²) in [5.41, 5.74) is 0. The first-order valence-electron chi connectivity index (χ1n) is 4.47. The molecule has 5 heteroatoms. The van der Waals surface area contributed by atoms with Crippen LogP contribution < -0.4 is 10.6 Å². The summed E-state index contributed by atoms with van der Waals surface area (Å²) >= 11 is 0. The molecule has 1 aliphatic rings. The van der Waals surface area contributed by atoms with Gasteiger partial charge in [0.1, 0.15) is 0 Å². The predicted molar refractivity (Wildman–Crippen MR) is 48.3 cm³/mol. The Balaban J connectivity index is 2.19. The van der Waals surface area contributed by atoms with Crippen molar-refractivity contribution in [3.8, 4) is 0 Å². The number of nitrogens with zero attached hydrogens (tertiary/aromatic N) is 1. The molecule has 0 aliphatic carbocycles. The van der Waals surface area contributed by atoms with Crippen LogP contribution in [0.3, 0.4) is 0 Å². The Hall–Kier alpha value is -1.26. The number of hydrogen-bond acceptors (Lipinski definition) is 2. The zero-order chi connectivity index (χ0) is 9.68. The van der Waals surface area contributed by atoms with Crippen molar-refractivity contribution in [3.05, 3.63) is 0 Å². The fourth-order valence-electron chi connectivity index (χ4n) is 1.26. The monoisotopic (exact) mass is 185 g/mol. The van der Waals surface area contributed by atoms with Gasteiger partial charge in [0.15, 0.2) is 0 Å². The molecule has 74 valence electrons. The van der Waals surface area contributed by atoms with Gasteiger partial charge in [-0.15, -0.1) is 0 Å². The first-order valence-corrected chi connectivity index (χ1v) is 4.47. The maximum atomic E-state index is 11.2. The SMILES string of the molecule is CC(=O)NCCN1CCCNC1=O. The molecular formula is C8H15N3O2. The highest BCUT2D eigenvalue weighted by molar-refractivity contribution is 5.75. The lowest BCUT2D eigenvalue weighted by Crippen LogP contribution is -2.48. The fraction of sp³-hybridized carbons (Fsp3) is 0.750. The van der Waals surface area contributed by atoms with Crippen LogP contribution in [0.25, 0.3) is 0 Å². The Labute approximate surface area is 77.5 Å². The van der Waals surface area contributed by atoms with Gasteiger partial charge in [0.2, 0.25) is 5.91 Å². The van der Waals surface area contributed by atoms with E-state index in [2.05, 4.69) is 10.6 Å². The molecule has 0 aromatic rings. The van der Waals surface area contributed by atoms with E-state index in [0.29, 0.717) is 13.1 Å². The third kappa shape index (κ3) is 3.31. The van der Waals surface area contributed by atoms with Crippen molar-refractivity contribution in [1.29, 1.82) is 0 Å². The maximum Gasteiger partial charge on any atom is 0.317 e. The summed E-state index contributed by atoms with van der Waals surface area (Å²) in [5, 5.41) is 5.40.